The Labute approximate surface area is 229 Å². The number of ether oxygens (including phenoxy) is 1. The molecule has 0 saturated heterocycles. The molecule has 0 bridgehead atoms. The Morgan fingerprint density at radius 3 is 1.92 bits per heavy atom. The number of carbonyl (C=O) groups is 4. The summed E-state index contributed by atoms with van der Waals surface area (Å²) in [6, 6.07) is -1.37. The maximum absolute atomic E-state index is 12.4. The first-order valence-corrected chi connectivity index (χ1v) is 13.2. The van der Waals surface area contributed by atoms with E-state index in [0.29, 0.717) is 31.7 Å². The maximum Gasteiger partial charge on any atom is 0.328 e. The molecule has 0 heterocycles. The zero-order valence-electron chi connectivity index (χ0n) is 23.6. The molecule has 10 N–H and O–H groups in total. The van der Waals surface area contributed by atoms with Crippen LogP contribution in [0.1, 0.15) is 66.2 Å². The summed E-state index contributed by atoms with van der Waals surface area (Å²) in [5.74, 6) is -3.32. The molecule has 0 rings (SSSR count). The van der Waals surface area contributed by atoms with Crippen LogP contribution in [0.2, 0.25) is 0 Å². The van der Waals surface area contributed by atoms with Crippen molar-refractivity contribution < 1.29 is 49.4 Å². The minimum Gasteiger partial charge on any atom is -0.467 e. The van der Waals surface area contributed by atoms with E-state index in [2.05, 4.69) is 16.0 Å². The lowest BCUT2D eigenvalue weighted by molar-refractivity contribution is -0.163. The summed E-state index contributed by atoms with van der Waals surface area (Å²) in [5, 5.41) is 57.5. The second-order valence-electron chi connectivity index (χ2n) is 10.4. The molecule has 3 unspecified atom stereocenters. The van der Waals surface area contributed by atoms with Gasteiger partial charge in [-0.3, -0.25) is 14.4 Å². The summed E-state index contributed by atoms with van der Waals surface area (Å²) in [5.41, 5.74) is 3.93. The number of amides is 2. The highest BCUT2D eigenvalue weighted by atomic mass is 16.5. The number of ketones is 1. The molecule has 0 aliphatic rings. The molecule has 0 aliphatic carbocycles. The molecular formula is C25H48N4O10. The minimum absolute atomic E-state index is 0.0351. The maximum atomic E-state index is 12.4. The van der Waals surface area contributed by atoms with Gasteiger partial charge >= 0.3 is 5.97 Å². The number of methoxy groups -OCH3 is 1. The first-order chi connectivity index (χ1) is 18.0. The number of rotatable bonds is 20. The van der Waals surface area contributed by atoms with Gasteiger partial charge in [0.15, 0.2) is 11.9 Å². The van der Waals surface area contributed by atoms with E-state index >= 15 is 0 Å². The minimum atomic E-state index is -2.23. The van der Waals surface area contributed by atoms with Crippen molar-refractivity contribution in [1.29, 1.82) is 0 Å². The van der Waals surface area contributed by atoms with Crippen LogP contribution in [0.4, 0.5) is 0 Å². The third kappa shape index (κ3) is 14.1. The van der Waals surface area contributed by atoms with Crippen LogP contribution in [-0.4, -0.2) is 117 Å². The van der Waals surface area contributed by atoms with Crippen molar-refractivity contribution in [3.63, 3.8) is 0 Å². The lowest BCUT2D eigenvalue weighted by Gasteiger charge is -2.28. The lowest BCUT2D eigenvalue weighted by atomic mass is 9.92. The van der Waals surface area contributed by atoms with Crippen LogP contribution in [0.3, 0.4) is 0 Å². The van der Waals surface area contributed by atoms with E-state index in [1.807, 2.05) is 13.8 Å². The predicted molar refractivity (Wildman–Crippen MR) is 141 cm³/mol. The van der Waals surface area contributed by atoms with E-state index in [1.54, 1.807) is 0 Å². The molecule has 0 aliphatic heterocycles. The van der Waals surface area contributed by atoms with Crippen molar-refractivity contribution in [2.45, 2.75) is 114 Å². The standard InChI is InChI=1S/C25H48N4O10/c1-14(2)27-12-9-7-11-16(24(37)39-5)29-22(35)15(26)10-6-8-13-28-23(36)20(33)18(31)17(30)19(32)21(34)25(3,4)38/h14-20,27,30-33,38H,6-13,26H2,1-5H3,(H,28,36)(H,29,35)/t15-,16?,17?,18-,19?,20+/m0/s1. The third-order valence-electron chi connectivity index (χ3n) is 5.99. The first-order valence-electron chi connectivity index (χ1n) is 13.2. The van der Waals surface area contributed by atoms with Gasteiger partial charge in [0.2, 0.25) is 5.91 Å². The Morgan fingerprint density at radius 2 is 1.38 bits per heavy atom. The average molecular weight is 565 g/mol. The smallest absolute Gasteiger partial charge is 0.328 e. The van der Waals surface area contributed by atoms with Gasteiger partial charge in [-0.2, -0.15) is 0 Å². The topological polar surface area (TPSA) is 241 Å². The van der Waals surface area contributed by atoms with E-state index in [-0.39, 0.29) is 13.0 Å². The number of carbonyl (C=O) groups excluding carboxylic acids is 4. The highest BCUT2D eigenvalue weighted by Gasteiger charge is 2.41. The van der Waals surface area contributed by atoms with Crippen molar-refractivity contribution in [2.24, 2.45) is 5.73 Å². The number of aliphatic hydroxyl groups excluding tert-OH is 4. The molecule has 0 fully saturated rings. The van der Waals surface area contributed by atoms with Gasteiger partial charge in [0.1, 0.15) is 30.0 Å². The fraction of sp³-hybridized carbons (Fsp3) is 0.840. The van der Waals surface area contributed by atoms with E-state index < -0.39 is 65.7 Å². The normalized spacial score (nSPS) is 16.5. The van der Waals surface area contributed by atoms with Crippen molar-refractivity contribution in [3.05, 3.63) is 0 Å². The van der Waals surface area contributed by atoms with E-state index in [4.69, 9.17) is 10.5 Å². The molecular weight excluding hydrogens is 516 g/mol. The predicted octanol–water partition coefficient (Wildman–Crippen LogP) is -2.79. The Hall–Kier alpha value is -2.20. The van der Waals surface area contributed by atoms with Gasteiger partial charge in [0.25, 0.3) is 5.91 Å². The number of Topliss-reactive ketones (excluding diaryl/α,β-unsaturated/α-hetero) is 1. The molecule has 6 atom stereocenters. The van der Waals surface area contributed by atoms with Gasteiger partial charge in [0.05, 0.1) is 13.2 Å². The summed E-state index contributed by atoms with van der Waals surface area (Å²) >= 11 is 0. The van der Waals surface area contributed by atoms with Crippen LogP contribution in [0.15, 0.2) is 0 Å². The summed E-state index contributed by atoms with van der Waals surface area (Å²) in [4.78, 5) is 48.4. The van der Waals surface area contributed by atoms with Crippen molar-refractivity contribution in [1.82, 2.24) is 16.0 Å². The number of unbranched alkanes of at least 4 members (excludes halogenated alkanes) is 2. The molecule has 14 nitrogen and oxygen atoms in total. The van der Waals surface area contributed by atoms with Crippen LogP contribution in [0, 0.1) is 0 Å². The number of aliphatic hydroxyl groups is 5. The van der Waals surface area contributed by atoms with Gasteiger partial charge in [-0.15, -0.1) is 0 Å². The fourth-order valence-corrected chi connectivity index (χ4v) is 3.52. The molecule has 228 valence electrons. The number of nitrogens with two attached hydrogens (primary N) is 1. The molecule has 0 aromatic heterocycles. The van der Waals surface area contributed by atoms with Crippen molar-refractivity contribution in [3.8, 4) is 0 Å². The second-order valence-corrected chi connectivity index (χ2v) is 10.4. The summed E-state index contributed by atoms with van der Waals surface area (Å²) in [7, 11) is 1.24. The number of hydrogen-bond donors (Lipinski definition) is 9. The molecule has 0 spiro atoms. The SMILES string of the molecule is COC(=O)C(CCCCNC(C)C)NC(=O)[C@@H](N)CCCCNC(=O)[C@H](O)[C@@H](O)C(O)C(O)C(=O)C(C)(C)O. The van der Waals surface area contributed by atoms with Crippen molar-refractivity contribution in [2.75, 3.05) is 20.2 Å². The van der Waals surface area contributed by atoms with Gasteiger partial charge in [-0.25, -0.2) is 4.79 Å². The van der Waals surface area contributed by atoms with Gasteiger partial charge in [-0.05, 0) is 58.9 Å². The molecule has 0 aromatic rings. The number of hydrogen-bond acceptors (Lipinski definition) is 12. The Kier molecular flexibility index (Phi) is 17.2. The van der Waals surface area contributed by atoms with E-state index in [0.717, 1.165) is 26.8 Å². The largest absolute Gasteiger partial charge is 0.467 e. The molecule has 39 heavy (non-hydrogen) atoms. The lowest BCUT2D eigenvalue weighted by Crippen LogP contribution is -2.55. The number of esters is 1. The van der Waals surface area contributed by atoms with Crippen LogP contribution in [0.5, 0.6) is 0 Å². The molecule has 2 amide bonds. The van der Waals surface area contributed by atoms with Crippen LogP contribution < -0.4 is 21.7 Å². The second kappa shape index (κ2) is 18.2. The molecule has 14 heteroatoms. The molecule has 0 radical (unpaired) electrons. The highest BCUT2D eigenvalue weighted by Crippen LogP contribution is 2.13. The zero-order chi connectivity index (χ0) is 30.3. The third-order valence-corrected chi connectivity index (χ3v) is 5.99. The Bertz CT molecular complexity index is 774. The molecule has 0 aromatic carbocycles. The highest BCUT2D eigenvalue weighted by molar-refractivity contribution is 5.91. The molecule has 0 saturated carbocycles. The quantitative estimate of drug-likeness (QED) is 0.0538. The van der Waals surface area contributed by atoms with Crippen LogP contribution in [0.25, 0.3) is 0 Å². The van der Waals surface area contributed by atoms with Crippen molar-refractivity contribution >= 4 is 23.6 Å². The van der Waals surface area contributed by atoms with Gasteiger partial charge in [-0.1, -0.05) is 13.8 Å². The first kappa shape index (κ1) is 36.8. The monoisotopic (exact) mass is 564 g/mol. The van der Waals surface area contributed by atoms with E-state index in [1.165, 1.54) is 7.11 Å². The Balaban J connectivity index is 4.50. The summed E-state index contributed by atoms with van der Waals surface area (Å²) < 4.78 is 4.77. The van der Waals surface area contributed by atoms with Gasteiger partial charge in [0, 0.05) is 12.6 Å². The van der Waals surface area contributed by atoms with Crippen LogP contribution in [-0.2, 0) is 23.9 Å². The zero-order valence-corrected chi connectivity index (χ0v) is 23.6. The van der Waals surface area contributed by atoms with Gasteiger partial charge < -0.3 is 52.0 Å². The van der Waals surface area contributed by atoms with E-state index in [9.17, 15) is 44.7 Å². The summed E-state index contributed by atoms with van der Waals surface area (Å²) in [6.45, 7) is 7.03. The Morgan fingerprint density at radius 1 is 0.846 bits per heavy atom. The van der Waals surface area contributed by atoms with Crippen LogP contribution >= 0.6 is 0 Å². The average Bonchev–Trinajstić information content (AvgIpc) is 2.88. The number of nitrogens with one attached hydrogen (secondary N) is 3. The summed E-state index contributed by atoms with van der Waals surface area (Å²) in [6.07, 6.45) is -5.88. The fourth-order valence-electron chi connectivity index (χ4n) is 3.52.